The van der Waals surface area contributed by atoms with E-state index in [4.69, 9.17) is 0 Å². The van der Waals surface area contributed by atoms with Gasteiger partial charge in [0.05, 0.1) is 0 Å². The van der Waals surface area contributed by atoms with Gasteiger partial charge in [-0.1, -0.05) is 37.0 Å². The number of hydrogen-bond acceptors (Lipinski definition) is 1. The second-order valence-electron chi connectivity index (χ2n) is 4.87. The van der Waals surface area contributed by atoms with Gasteiger partial charge in [-0.15, -0.1) is 0 Å². The molecule has 0 saturated carbocycles. The summed E-state index contributed by atoms with van der Waals surface area (Å²) in [4.78, 5) is 0. The van der Waals surface area contributed by atoms with Gasteiger partial charge >= 0.3 is 0 Å². The summed E-state index contributed by atoms with van der Waals surface area (Å²) in [6.07, 6.45) is 9.35. The fourth-order valence-electron chi connectivity index (χ4n) is 2.81. The molecule has 2 aliphatic rings. The molecule has 0 amide bonds. The van der Waals surface area contributed by atoms with E-state index in [9.17, 15) is 0 Å². The van der Waals surface area contributed by atoms with Gasteiger partial charge in [0.2, 0.25) is 0 Å². The summed E-state index contributed by atoms with van der Waals surface area (Å²) >= 11 is 4.61. The van der Waals surface area contributed by atoms with Gasteiger partial charge in [-0.25, -0.2) is 0 Å². The number of hydrogen-bond donors (Lipinski definition) is 1. The molecule has 2 rings (SSSR count). The third-order valence-corrected chi connectivity index (χ3v) is 4.14. The third-order valence-electron chi connectivity index (χ3n) is 3.78. The van der Waals surface area contributed by atoms with Gasteiger partial charge < -0.3 is 0 Å². The maximum Gasteiger partial charge on any atom is 0.00577 e. The summed E-state index contributed by atoms with van der Waals surface area (Å²) in [6.45, 7) is 4.46. The molecule has 0 fully saturated rings. The zero-order chi connectivity index (χ0) is 11.5. The average molecular weight is 232 g/mol. The van der Waals surface area contributed by atoms with E-state index in [1.807, 2.05) is 0 Å². The molecule has 0 nitrogen and oxygen atoms in total. The number of rotatable bonds is 3. The summed E-state index contributed by atoms with van der Waals surface area (Å²) in [7, 11) is 0. The van der Waals surface area contributed by atoms with Gasteiger partial charge in [0, 0.05) is 10.8 Å². The maximum absolute atomic E-state index is 4.61. The maximum atomic E-state index is 4.61. The second kappa shape index (κ2) is 5.15. The largest absolute Gasteiger partial charge is 0.176 e. The van der Waals surface area contributed by atoms with Crippen LogP contribution in [0.3, 0.4) is 0 Å². The SMILES string of the molecule is CCC(C1=CC2=C=C=CCC2CC1)C(C)S. The molecule has 3 atom stereocenters. The minimum absolute atomic E-state index is 0.455. The van der Waals surface area contributed by atoms with E-state index in [1.165, 1.54) is 24.8 Å². The van der Waals surface area contributed by atoms with Crippen molar-refractivity contribution in [3.8, 4) is 0 Å². The predicted molar refractivity (Wildman–Crippen MR) is 72.8 cm³/mol. The van der Waals surface area contributed by atoms with Crippen LogP contribution >= 0.6 is 12.6 Å². The average Bonchev–Trinajstić information content (AvgIpc) is 2.29. The molecule has 0 aromatic carbocycles. The van der Waals surface area contributed by atoms with Gasteiger partial charge in [0.25, 0.3) is 0 Å². The molecular weight excluding hydrogens is 212 g/mol. The van der Waals surface area contributed by atoms with Crippen LogP contribution < -0.4 is 0 Å². The highest BCUT2D eigenvalue weighted by Gasteiger charge is 2.24. The number of fused-ring (bicyclic) bond motifs is 1. The molecule has 0 aromatic rings. The highest BCUT2D eigenvalue weighted by atomic mass is 32.1. The Hall–Kier alpha value is -0.610. The standard InChI is InChI=1S/C15H20S/c1-3-15(11(2)16)14-9-8-12-6-4-5-7-13(12)10-14/h4,10-12,15-16H,3,6,8-9H2,1-2H3. The van der Waals surface area contributed by atoms with E-state index < -0.39 is 0 Å². The topological polar surface area (TPSA) is 0 Å². The number of allylic oxidation sites excluding steroid dienone is 4. The van der Waals surface area contributed by atoms with E-state index in [2.05, 4.69) is 50.1 Å². The zero-order valence-electron chi connectivity index (χ0n) is 10.2. The Morgan fingerprint density at radius 2 is 2.38 bits per heavy atom. The van der Waals surface area contributed by atoms with Crippen molar-refractivity contribution < 1.29 is 0 Å². The van der Waals surface area contributed by atoms with Crippen LogP contribution in [-0.4, -0.2) is 5.25 Å². The molecule has 0 saturated heterocycles. The van der Waals surface area contributed by atoms with Crippen molar-refractivity contribution in [2.45, 2.75) is 44.8 Å². The van der Waals surface area contributed by atoms with E-state index >= 15 is 0 Å². The Morgan fingerprint density at radius 1 is 1.56 bits per heavy atom. The highest BCUT2D eigenvalue weighted by molar-refractivity contribution is 7.80. The molecule has 0 aliphatic heterocycles. The van der Waals surface area contributed by atoms with Crippen LogP contribution in [0.15, 0.2) is 34.8 Å². The molecule has 86 valence electrons. The zero-order valence-corrected chi connectivity index (χ0v) is 11.1. The Balaban J connectivity index is 2.27. The fraction of sp³-hybridized carbons (Fsp3) is 0.600. The summed E-state index contributed by atoms with van der Waals surface area (Å²) < 4.78 is 0. The first-order chi connectivity index (χ1) is 7.72. The Kier molecular flexibility index (Phi) is 3.82. The van der Waals surface area contributed by atoms with E-state index in [0.29, 0.717) is 17.1 Å². The Morgan fingerprint density at radius 3 is 3.06 bits per heavy atom. The third kappa shape index (κ3) is 2.38. The molecule has 2 aliphatic carbocycles. The van der Waals surface area contributed by atoms with Crippen molar-refractivity contribution in [1.29, 1.82) is 0 Å². The molecule has 0 aromatic heterocycles. The van der Waals surface area contributed by atoms with Gasteiger partial charge in [-0.2, -0.15) is 12.6 Å². The van der Waals surface area contributed by atoms with Gasteiger partial charge in [0.15, 0.2) is 0 Å². The molecule has 16 heavy (non-hydrogen) atoms. The van der Waals surface area contributed by atoms with Crippen LogP contribution in [-0.2, 0) is 0 Å². The first-order valence-corrected chi connectivity index (χ1v) is 6.82. The van der Waals surface area contributed by atoms with Crippen LogP contribution in [0.2, 0.25) is 0 Å². The highest BCUT2D eigenvalue weighted by Crippen LogP contribution is 2.37. The van der Waals surface area contributed by atoms with Crippen molar-refractivity contribution in [2.24, 2.45) is 11.8 Å². The molecule has 0 radical (unpaired) electrons. The van der Waals surface area contributed by atoms with E-state index in [0.717, 1.165) is 6.42 Å². The lowest BCUT2D eigenvalue weighted by Gasteiger charge is -2.29. The van der Waals surface area contributed by atoms with Crippen molar-refractivity contribution in [1.82, 2.24) is 0 Å². The lowest BCUT2D eigenvalue weighted by atomic mass is 9.77. The lowest BCUT2D eigenvalue weighted by molar-refractivity contribution is 0.493. The van der Waals surface area contributed by atoms with Crippen molar-refractivity contribution in [3.63, 3.8) is 0 Å². The Labute approximate surface area is 104 Å². The number of thiol groups is 1. The van der Waals surface area contributed by atoms with Crippen LogP contribution in [0.4, 0.5) is 0 Å². The normalized spacial score (nSPS) is 26.8. The first kappa shape index (κ1) is 11.9. The summed E-state index contributed by atoms with van der Waals surface area (Å²) in [5, 5.41) is 0.455. The lowest BCUT2D eigenvalue weighted by Crippen LogP contribution is -2.18. The molecule has 0 N–H and O–H groups in total. The van der Waals surface area contributed by atoms with Crippen LogP contribution in [0.5, 0.6) is 0 Å². The Bertz CT molecular complexity index is 388. The van der Waals surface area contributed by atoms with E-state index in [1.54, 1.807) is 5.57 Å². The molecule has 1 heteroatoms. The minimum Gasteiger partial charge on any atom is -0.176 e. The van der Waals surface area contributed by atoms with Crippen LogP contribution in [0.25, 0.3) is 0 Å². The van der Waals surface area contributed by atoms with Crippen molar-refractivity contribution >= 4 is 12.6 Å². The first-order valence-electron chi connectivity index (χ1n) is 6.31. The van der Waals surface area contributed by atoms with Crippen LogP contribution in [0.1, 0.15) is 39.5 Å². The molecule has 3 unspecified atom stereocenters. The summed E-state index contributed by atoms with van der Waals surface area (Å²) in [5.41, 5.74) is 9.34. The second-order valence-corrected chi connectivity index (χ2v) is 5.69. The smallest absolute Gasteiger partial charge is 0.00577 e. The van der Waals surface area contributed by atoms with Gasteiger partial charge in [-0.05, 0) is 43.6 Å². The van der Waals surface area contributed by atoms with Crippen LogP contribution in [0, 0.1) is 11.8 Å². The fourth-order valence-corrected chi connectivity index (χ4v) is 3.21. The molecule has 0 heterocycles. The van der Waals surface area contributed by atoms with Gasteiger partial charge in [0.1, 0.15) is 0 Å². The minimum atomic E-state index is 0.455. The molecule has 0 bridgehead atoms. The van der Waals surface area contributed by atoms with Gasteiger partial charge in [-0.3, -0.25) is 0 Å². The summed E-state index contributed by atoms with van der Waals surface area (Å²) in [5.74, 6) is 1.34. The van der Waals surface area contributed by atoms with Crippen molar-refractivity contribution in [2.75, 3.05) is 0 Å². The monoisotopic (exact) mass is 232 g/mol. The molecule has 0 spiro atoms. The van der Waals surface area contributed by atoms with Crippen molar-refractivity contribution in [3.05, 3.63) is 34.8 Å². The molecular formula is C15H20S. The van der Waals surface area contributed by atoms with E-state index in [-0.39, 0.29) is 0 Å². The summed E-state index contributed by atoms with van der Waals surface area (Å²) in [6, 6.07) is 0. The quantitative estimate of drug-likeness (QED) is 0.544. The predicted octanol–water partition coefficient (Wildman–Crippen LogP) is 4.31.